The molecule has 0 radical (unpaired) electrons. The van der Waals surface area contributed by atoms with E-state index < -0.39 is 6.03 Å². The van der Waals surface area contributed by atoms with Gasteiger partial charge in [0.25, 0.3) is 0 Å². The lowest BCUT2D eigenvalue weighted by Crippen LogP contribution is -2.30. The normalized spacial score (nSPS) is 10.1. The second kappa shape index (κ2) is 10.0. The Morgan fingerprint density at radius 3 is 2.38 bits per heavy atom. The third kappa shape index (κ3) is 8.92. The highest BCUT2D eigenvalue weighted by molar-refractivity contribution is 6.30. The van der Waals surface area contributed by atoms with Crippen LogP contribution in [0.4, 0.5) is 4.79 Å². The van der Waals surface area contributed by atoms with E-state index >= 15 is 0 Å². The predicted octanol–water partition coefficient (Wildman–Crippen LogP) is 2.23. The van der Waals surface area contributed by atoms with Crippen LogP contribution >= 0.6 is 11.6 Å². The molecule has 0 saturated carbocycles. The van der Waals surface area contributed by atoms with Gasteiger partial charge in [-0.25, -0.2) is 4.79 Å². The summed E-state index contributed by atoms with van der Waals surface area (Å²) in [7, 11) is 0. The Morgan fingerprint density at radius 2 is 1.71 bits per heavy atom. The summed E-state index contributed by atoms with van der Waals surface area (Å²) in [5.41, 5.74) is 6.10. The van der Waals surface area contributed by atoms with Crippen molar-refractivity contribution in [2.24, 2.45) is 5.73 Å². The molecule has 1 aromatic carbocycles. The maximum absolute atomic E-state index is 11.6. The second-order valence-corrected chi connectivity index (χ2v) is 5.26. The first kappa shape index (κ1) is 17.3. The number of urea groups is 1. The van der Waals surface area contributed by atoms with Crippen molar-refractivity contribution in [3.8, 4) is 0 Å². The number of carbonyl (C=O) groups is 2. The van der Waals surface area contributed by atoms with E-state index in [-0.39, 0.29) is 5.91 Å². The number of rotatable bonds is 9. The van der Waals surface area contributed by atoms with Gasteiger partial charge in [0.2, 0.25) is 5.91 Å². The molecule has 0 saturated heterocycles. The summed E-state index contributed by atoms with van der Waals surface area (Å²) >= 11 is 5.81. The van der Waals surface area contributed by atoms with Crippen molar-refractivity contribution >= 4 is 23.5 Å². The maximum atomic E-state index is 11.6. The molecule has 4 N–H and O–H groups in total. The fraction of sp³-hybridized carbons (Fsp3) is 0.467. The topological polar surface area (TPSA) is 84.2 Å². The Kier molecular flexibility index (Phi) is 8.28. The summed E-state index contributed by atoms with van der Waals surface area (Å²) in [6.07, 6.45) is 3.85. The molecule has 0 aliphatic heterocycles. The van der Waals surface area contributed by atoms with E-state index in [2.05, 4.69) is 10.6 Å². The summed E-state index contributed by atoms with van der Waals surface area (Å²) < 4.78 is 0. The second-order valence-electron chi connectivity index (χ2n) is 4.83. The van der Waals surface area contributed by atoms with Crippen molar-refractivity contribution in [2.75, 3.05) is 13.1 Å². The molecule has 0 aromatic heterocycles. The van der Waals surface area contributed by atoms with Crippen LogP contribution in [0.1, 0.15) is 31.2 Å². The zero-order valence-corrected chi connectivity index (χ0v) is 12.8. The van der Waals surface area contributed by atoms with Gasteiger partial charge >= 0.3 is 6.03 Å². The number of nitrogens with one attached hydrogen (secondary N) is 2. The number of primary amides is 1. The molecule has 0 heterocycles. The highest BCUT2D eigenvalue weighted by atomic mass is 35.5. The molecule has 116 valence electrons. The van der Waals surface area contributed by atoms with Gasteiger partial charge in [0.15, 0.2) is 0 Å². The van der Waals surface area contributed by atoms with Crippen LogP contribution in [0.25, 0.3) is 0 Å². The molecule has 0 aliphatic carbocycles. The van der Waals surface area contributed by atoms with Crippen molar-refractivity contribution in [1.29, 1.82) is 0 Å². The molecule has 1 rings (SSSR count). The zero-order chi connectivity index (χ0) is 15.5. The fourth-order valence-electron chi connectivity index (χ4n) is 1.88. The predicted molar refractivity (Wildman–Crippen MR) is 84.2 cm³/mol. The van der Waals surface area contributed by atoms with Gasteiger partial charge in [-0.15, -0.1) is 0 Å². The monoisotopic (exact) mass is 311 g/mol. The van der Waals surface area contributed by atoms with Crippen molar-refractivity contribution in [1.82, 2.24) is 10.6 Å². The van der Waals surface area contributed by atoms with Gasteiger partial charge in [0.05, 0.1) is 0 Å². The van der Waals surface area contributed by atoms with Crippen LogP contribution < -0.4 is 16.4 Å². The quantitative estimate of drug-likeness (QED) is 0.611. The smallest absolute Gasteiger partial charge is 0.312 e. The molecule has 21 heavy (non-hydrogen) atoms. The Morgan fingerprint density at radius 1 is 1.00 bits per heavy atom. The molecule has 0 spiro atoms. The zero-order valence-electron chi connectivity index (χ0n) is 12.0. The Hall–Kier alpha value is -1.75. The van der Waals surface area contributed by atoms with Crippen molar-refractivity contribution in [3.63, 3.8) is 0 Å². The summed E-state index contributed by atoms with van der Waals surface area (Å²) in [4.78, 5) is 22.0. The van der Waals surface area contributed by atoms with Gasteiger partial charge in [-0.1, -0.05) is 30.2 Å². The minimum atomic E-state index is -0.505. The van der Waals surface area contributed by atoms with Gasteiger partial charge in [-0.2, -0.15) is 0 Å². The van der Waals surface area contributed by atoms with Crippen molar-refractivity contribution in [2.45, 2.75) is 32.1 Å². The van der Waals surface area contributed by atoms with E-state index in [1.807, 2.05) is 24.3 Å². The van der Waals surface area contributed by atoms with E-state index in [1.54, 1.807) is 0 Å². The Balaban J connectivity index is 2.01. The molecular weight excluding hydrogens is 290 g/mol. The van der Waals surface area contributed by atoms with Crippen LogP contribution in [0.2, 0.25) is 5.02 Å². The number of amides is 3. The highest BCUT2D eigenvalue weighted by Crippen LogP contribution is 2.09. The number of carbonyl (C=O) groups excluding carboxylic acids is 2. The summed E-state index contributed by atoms with van der Waals surface area (Å²) in [5, 5.41) is 6.13. The van der Waals surface area contributed by atoms with E-state index in [0.29, 0.717) is 24.5 Å². The molecule has 0 atom stereocenters. The number of nitrogens with two attached hydrogens (primary N) is 1. The fourth-order valence-corrected chi connectivity index (χ4v) is 2.01. The first-order valence-corrected chi connectivity index (χ1v) is 7.50. The lowest BCUT2D eigenvalue weighted by molar-refractivity contribution is -0.121. The average molecular weight is 312 g/mol. The minimum absolute atomic E-state index is 0.0619. The Labute approximate surface area is 130 Å². The van der Waals surface area contributed by atoms with Crippen LogP contribution in [-0.4, -0.2) is 25.0 Å². The van der Waals surface area contributed by atoms with E-state index in [0.717, 1.165) is 31.2 Å². The lowest BCUT2D eigenvalue weighted by atomic mass is 10.1. The molecule has 0 unspecified atom stereocenters. The van der Waals surface area contributed by atoms with Gasteiger partial charge in [-0.05, 0) is 37.0 Å². The molecule has 1 aromatic rings. The molecule has 0 bridgehead atoms. The molecule has 3 amide bonds. The standard InChI is InChI=1S/C15H22ClN3O2/c16-13-7-5-12(6-8-13)9-11-18-14(20)4-2-1-3-10-19-15(17)21/h5-8H,1-4,9-11H2,(H,18,20)(H3,17,19,21). The van der Waals surface area contributed by atoms with Crippen molar-refractivity contribution in [3.05, 3.63) is 34.9 Å². The average Bonchev–Trinajstić information content (AvgIpc) is 2.44. The summed E-state index contributed by atoms with van der Waals surface area (Å²) in [6.45, 7) is 1.19. The molecule has 5 nitrogen and oxygen atoms in total. The van der Waals surface area contributed by atoms with Crippen LogP contribution in [-0.2, 0) is 11.2 Å². The molecule has 0 aliphatic rings. The highest BCUT2D eigenvalue weighted by Gasteiger charge is 2.01. The van der Waals surface area contributed by atoms with Crippen LogP contribution in [0, 0.1) is 0 Å². The van der Waals surface area contributed by atoms with Crippen LogP contribution in [0.3, 0.4) is 0 Å². The lowest BCUT2D eigenvalue weighted by Gasteiger charge is -2.06. The summed E-state index contributed by atoms with van der Waals surface area (Å²) in [5.74, 6) is 0.0619. The molecule has 6 heteroatoms. The number of benzene rings is 1. The van der Waals surface area contributed by atoms with E-state index in [1.165, 1.54) is 0 Å². The SMILES string of the molecule is NC(=O)NCCCCCC(=O)NCCc1ccc(Cl)cc1. The first-order valence-electron chi connectivity index (χ1n) is 7.12. The minimum Gasteiger partial charge on any atom is -0.356 e. The van der Waals surface area contributed by atoms with Crippen molar-refractivity contribution < 1.29 is 9.59 Å². The third-order valence-corrected chi connectivity index (χ3v) is 3.28. The summed E-state index contributed by atoms with van der Waals surface area (Å²) in [6, 6.07) is 7.10. The number of halogens is 1. The first-order chi connectivity index (χ1) is 10.1. The largest absolute Gasteiger partial charge is 0.356 e. The number of unbranched alkanes of at least 4 members (excludes halogenated alkanes) is 2. The van der Waals surface area contributed by atoms with Gasteiger partial charge < -0.3 is 16.4 Å². The molecule has 0 fully saturated rings. The van der Waals surface area contributed by atoms with Gasteiger partial charge in [0.1, 0.15) is 0 Å². The third-order valence-electron chi connectivity index (χ3n) is 3.03. The van der Waals surface area contributed by atoms with E-state index in [9.17, 15) is 9.59 Å². The maximum Gasteiger partial charge on any atom is 0.312 e. The van der Waals surface area contributed by atoms with Crippen LogP contribution in [0.15, 0.2) is 24.3 Å². The molecular formula is C15H22ClN3O2. The van der Waals surface area contributed by atoms with E-state index in [4.69, 9.17) is 17.3 Å². The number of hydrogen-bond acceptors (Lipinski definition) is 2. The van der Waals surface area contributed by atoms with Gasteiger partial charge in [0, 0.05) is 24.5 Å². The van der Waals surface area contributed by atoms with Crippen LogP contribution in [0.5, 0.6) is 0 Å². The number of hydrogen-bond donors (Lipinski definition) is 3. The van der Waals surface area contributed by atoms with Gasteiger partial charge in [-0.3, -0.25) is 4.79 Å². The Bertz CT molecular complexity index is 449.